The molecule has 1 rings (SSSR count). The van der Waals surface area contributed by atoms with Gasteiger partial charge in [-0.2, -0.15) is 0 Å². The zero-order chi connectivity index (χ0) is 10.7. The van der Waals surface area contributed by atoms with Crippen molar-refractivity contribution >= 4 is 11.6 Å². The lowest BCUT2D eigenvalue weighted by Crippen LogP contribution is -2.34. The number of nitrogens with two attached hydrogens (primary N) is 1. The first-order chi connectivity index (χ1) is 6.56. The van der Waals surface area contributed by atoms with Gasteiger partial charge in [0.05, 0.1) is 0 Å². The normalized spacial score (nSPS) is 12.5. The van der Waals surface area contributed by atoms with Gasteiger partial charge in [-0.3, -0.25) is 4.79 Å². The number of hydrogen-bond acceptors (Lipinski definition) is 2. The summed E-state index contributed by atoms with van der Waals surface area (Å²) >= 11 is 0. The van der Waals surface area contributed by atoms with E-state index >= 15 is 0 Å². The fraction of sp³-hybridized carbons (Fsp3) is 0.500. The van der Waals surface area contributed by atoms with Crippen molar-refractivity contribution in [1.29, 1.82) is 0 Å². The molecule has 0 saturated carbocycles. The Balaban J connectivity index is 2.75. The van der Waals surface area contributed by atoms with Crippen LogP contribution in [0.3, 0.4) is 0 Å². The molecule has 1 aromatic heterocycles. The molecule has 0 fully saturated rings. The number of hydrogen-bond donors (Lipinski definition) is 2. The lowest BCUT2D eigenvalue weighted by Gasteiger charge is -2.23. The second-order valence-corrected chi connectivity index (χ2v) is 3.52. The van der Waals surface area contributed by atoms with Gasteiger partial charge in [0.15, 0.2) is 0 Å². The molecule has 3 N–H and O–H groups in total. The van der Waals surface area contributed by atoms with Gasteiger partial charge in [0, 0.05) is 25.0 Å². The summed E-state index contributed by atoms with van der Waals surface area (Å²) in [6, 6.07) is 1.90. The summed E-state index contributed by atoms with van der Waals surface area (Å²) in [7, 11) is 1.80. The van der Waals surface area contributed by atoms with Gasteiger partial charge in [0.2, 0.25) is 0 Å². The van der Waals surface area contributed by atoms with Gasteiger partial charge in [0.25, 0.3) is 5.91 Å². The second-order valence-electron chi connectivity index (χ2n) is 3.52. The lowest BCUT2D eigenvalue weighted by atomic mass is 10.2. The largest absolute Gasteiger partial charge is 0.397 e. The smallest absolute Gasteiger partial charge is 0.270 e. The Labute approximate surface area is 84.1 Å². The monoisotopic (exact) mass is 195 g/mol. The Hall–Kier alpha value is -1.45. The summed E-state index contributed by atoms with van der Waals surface area (Å²) in [4.78, 5) is 16.4. The van der Waals surface area contributed by atoms with Crippen molar-refractivity contribution < 1.29 is 4.79 Å². The standard InChI is InChI=1S/C10H17N3O/c1-4-7(2)13(3)10(14)9-5-8(11)6-12-9/h5-7,12H,4,11H2,1-3H3. The number of amides is 1. The zero-order valence-corrected chi connectivity index (χ0v) is 8.87. The number of nitrogens with zero attached hydrogens (tertiary/aromatic N) is 1. The van der Waals surface area contributed by atoms with E-state index in [9.17, 15) is 4.79 Å². The topological polar surface area (TPSA) is 62.1 Å². The third-order valence-electron chi connectivity index (χ3n) is 2.51. The summed E-state index contributed by atoms with van der Waals surface area (Å²) in [5.74, 6) is -0.0175. The molecule has 1 amide bonds. The van der Waals surface area contributed by atoms with Crippen LogP contribution in [0.2, 0.25) is 0 Å². The summed E-state index contributed by atoms with van der Waals surface area (Å²) in [5.41, 5.74) is 6.66. The van der Waals surface area contributed by atoms with Gasteiger partial charge in [0.1, 0.15) is 5.69 Å². The van der Waals surface area contributed by atoms with Crippen LogP contribution >= 0.6 is 0 Å². The van der Waals surface area contributed by atoms with E-state index in [2.05, 4.69) is 11.9 Å². The van der Waals surface area contributed by atoms with E-state index in [4.69, 9.17) is 5.73 Å². The van der Waals surface area contributed by atoms with Crippen LogP contribution in [-0.2, 0) is 0 Å². The molecule has 0 bridgehead atoms. The van der Waals surface area contributed by atoms with Crippen LogP contribution in [0.1, 0.15) is 30.8 Å². The summed E-state index contributed by atoms with van der Waals surface area (Å²) in [6.07, 6.45) is 2.57. The van der Waals surface area contributed by atoms with Crippen LogP contribution in [0.15, 0.2) is 12.3 Å². The number of H-pyrrole nitrogens is 1. The average Bonchev–Trinajstić information content (AvgIpc) is 2.61. The lowest BCUT2D eigenvalue weighted by molar-refractivity contribution is 0.0735. The van der Waals surface area contributed by atoms with Crippen LogP contribution in [0, 0.1) is 0 Å². The highest BCUT2D eigenvalue weighted by Gasteiger charge is 2.16. The van der Waals surface area contributed by atoms with Crippen molar-refractivity contribution in [1.82, 2.24) is 9.88 Å². The highest BCUT2D eigenvalue weighted by molar-refractivity contribution is 5.93. The molecular formula is C10H17N3O. The third-order valence-corrected chi connectivity index (χ3v) is 2.51. The van der Waals surface area contributed by atoms with Gasteiger partial charge in [-0.05, 0) is 19.4 Å². The molecule has 0 radical (unpaired) electrons. The molecule has 0 spiro atoms. The fourth-order valence-electron chi connectivity index (χ4n) is 1.20. The van der Waals surface area contributed by atoms with E-state index in [0.29, 0.717) is 11.4 Å². The minimum atomic E-state index is -0.0175. The quantitative estimate of drug-likeness (QED) is 0.767. The van der Waals surface area contributed by atoms with Crippen molar-refractivity contribution in [2.24, 2.45) is 0 Å². The van der Waals surface area contributed by atoms with E-state index in [1.165, 1.54) is 0 Å². The molecule has 1 aromatic rings. The van der Waals surface area contributed by atoms with Gasteiger partial charge in [-0.1, -0.05) is 6.92 Å². The predicted molar refractivity (Wildman–Crippen MR) is 57.1 cm³/mol. The Kier molecular flexibility index (Phi) is 3.17. The Morgan fingerprint density at radius 1 is 1.71 bits per heavy atom. The molecule has 4 heteroatoms. The van der Waals surface area contributed by atoms with Gasteiger partial charge >= 0.3 is 0 Å². The number of carbonyl (C=O) groups excluding carboxylic acids is 1. The van der Waals surface area contributed by atoms with Crippen molar-refractivity contribution in [3.63, 3.8) is 0 Å². The van der Waals surface area contributed by atoms with E-state index < -0.39 is 0 Å². The molecule has 1 unspecified atom stereocenters. The number of nitrogen functional groups attached to an aromatic ring is 1. The molecule has 1 heterocycles. The number of rotatable bonds is 3. The molecule has 0 aliphatic carbocycles. The zero-order valence-electron chi connectivity index (χ0n) is 8.87. The van der Waals surface area contributed by atoms with Crippen molar-refractivity contribution in [2.45, 2.75) is 26.3 Å². The van der Waals surface area contributed by atoms with Crippen molar-refractivity contribution in [3.05, 3.63) is 18.0 Å². The first-order valence-electron chi connectivity index (χ1n) is 4.77. The third kappa shape index (κ3) is 2.07. The minimum Gasteiger partial charge on any atom is -0.397 e. The van der Waals surface area contributed by atoms with Crippen molar-refractivity contribution in [3.8, 4) is 0 Å². The number of aromatic nitrogens is 1. The van der Waals surface area contributed by atoms with Gasteiger partial charge in [-0.15, -0.1) is 0 Å². The van der Waals surface area contributed by atoms with E-state index in [1.54, 1.807) is 24.2 Å². The van der Waals surface area contributed by atoms with Gasteiger partial charge in [-0.25, -0.2) is 0 Å². The first-order valence-corrected chi connectivity index (χ1v) is 4.77. The predicted octanol–water partition coefficient (Wildman–Crippen LogP) is 1.47. The molecule has 1 atom stereocenters. The maximum absolute atomic E-state index is 11.8. The highest BCUT2D eigenvalue weighted by atomic mass is 16.2. The minimum absolute atomic E-state index is 0.0175. The average molecular weight is 195 g/mol. The number of nitrogens with one attached hydrogen (secondary N) is 1. The Morgan fingerprint density at radius 2 is 2.36 bits per heavy atom. The molecule has 14 heavy (non-hydrogen) atoms. The maximum Gasteiger partial charge on any atom is 0.270 e. The van der Waals surface area contributed by atoms with E-state index in [1.807, 2.05) is 6.92 Å². The van der Waals surface area contributed by atoms with Crippen LogP contribution in [0.5, 0.6) is 0 Å². The summed E-state index contributed by atoms with van der Waals surface area (Å²) in [5, 5.41) is 0. The Bertz CT molecular complexity index is 319. The molecule has 0 saturated heterocycles. The first kappa shape index (κ1) is 10.6. The van der Waals surface area contributed by atoms with Crippen LogP contribution in [-0.4, -0.2) is 28.9 Å². The van der Waals surface area contributed by atoms with Crippen LogP contribution in [0.4, 0.5) is 5.69 Å². The molecule has 78 valence electrons. The number of anilines is 1. The molecule has 0 aromatic carbocycles. The number of carbonyl (C=O) groups is 1. The molecule has 4 nitrogen and oxygen atoms in total. The summed E-state index contributed by atoms with van der Waals surface area (Å²) < 4.78 is 0. The molecule has 0 aliphatic rings. The molecule has 0 aliphatic heterocycles. The SMILES string of the molecule is CCC(C)N(C)C(=O)c1cc(N)c[nH]1. The molecular weight excluding hydrogens is 178 g/mol. The van der Waals surface area contributed by atoms with Gasteiger partial charge < -0.3 is 15.6 Å². The Morgan fingerprint density at radius 3 is 2.79 bits per heavy atom. The van der Waals surface area contributed by atoms with Crippen LogP contribution < -0.4 is 5.73 Å². The van der Waals surface area contributed by atoms with E-state index in [-0.39, 0.29) is 11.9 Å². The van der Waals surface area contributed by atoms with Crippen LogP contribution in [0.25, 0.3) is 0 Å². The highest BCUT2D eigenvalue weighted by Crippen LogP contribution is 2.10. The summed E-state index contributed by atoms with van der Waals surface area (Å²) in [6.45, 7) is 4.07. The number of aromatic amines is 1. The maximum atomic E-state index is 11.8. The fourth-order valence-corrected chi connectivity index (χ4v) is 1.20. The van der Waals surface area contributed by atoms with Crippen molar-refractivity contribution in [2.75, 3.05) is 12.8 Å². The second kappa shape index (κ2) is 4.17. The van der Waals surface area contributed by atoms with E-state index in [0.717, 1.165) is 6.42 Å².